The number of esters is 1. The van der Waals surface area contributed by atoms with Gasteiger partial charge in [0.05, 0.1) is 27.1 Å². The van der Waals surface area contributed by atoms with Gasteiger partial charge in [-0.3, -0.25) is 14.5 Å². The predicted molar refractivity (Wildman–Crippen MR) is 126 cm³/mol. The molecule has 1 aliphatic rings. The number of benzene rings is 3. The minimum absolute atomic E-state index is 0.104. The van der Waals surface area contributed by atoms with Crippen LogP contribution in [0.3, 0.4) is 0 Å². The van der Waals surface area contributed by atoms with E-state index >= 15 is 0 Å². The summed E-state index contributed by atoms with van der Waals surface area (Å²) in [6, 6.07) is 20.3. The molecule has 0 unspecified atom stereocenters. The molecule has 0 radical (unpaired) electrons. The maximum absolute atomic E-state index is 12.7. The van der Waals surface area contributed by atoms with Crippen LogP contribution >= 0.6 is 35.0 Å². The maximum atomic E-state index is 12.7. The van der Waals surface area contributed by atoms with Gasteiger partial charge in [0, 0.05) is 0 Å². The van der Waals surface area contributed by atoms with Gasteiger partial charge in [-0.15, -0.1) is 0 Å². The van der Waals surface area contributed by atoms with Crippen molar-refractivity contribution < 1.29 is 19.1 Å². The summed E-state index contributed by atoms with van der Waals surface area (Å²) in [5.74, 6) is -0.462. The number of imide groups is 1. The zero-order valence-corrected chi connectivity index (χ0v) is 18.8. The van der Waals surface area contributed by atoms with Crippen molar-refractivity contribution in [3.05, 3.63) is 104 Å². The Morgan fingerprint density at radius 3 is 2.34 bits per heavy atom. The van der Waals surface area contributed by atoms with Gasteiger partial charge in [-0.05, 0) is 65.4 Å². The molecule has 32 heavy (non-hydrogen) atoms. The van der Waals surface area contributed by atoms with Crippen LogP contribution < -0.4 is 4.74 Å². The van der Waals surface area contributed by atoms with Crippen LogP contribution in [-0.2, 0) is 11.3 Å². The van der Waals surface area contributed by atoms with E-state index in [9.17, 15) is 14.4 Å². The lowest BCUT2D eigenvalue weighted by Gasteiger charge is -2.12. The average Bonchev–Trinajstić information content (AvgIpc) is 3.05. The summed E-state index contributed by atoms with van der Waals surface area (Å²) in [6.07, 6.45) is 1.63. The summed E-state index contributed by atoms with van der Waals surface area (Å²) < 4.78 is 5.35. The van der Waals surface area contributed by atoms with Gasteiger partial charge < -0.3 is 4.74 Å². The van der Waals surface area contributed by atoms with Crippen molar-refractivity contribution in [3.8, 4) is 5.75 Å². The molecule has 160 valence electrons. The number of carbonyl (C=O) groups excluding carboxylic acids is 3. The molecule has 1 saturated heterocycles. The first-order chi connectivity index (χ1) is 15.4. The van der Waals surface area contributed by atoms with Crippen molar-refractivity contribution in [2.75, 3.05) is 0 Å². The summed E-state index contributed by atoms with van der Waals surface area (Å²) >= 11 is 12.8. The standard InChI is InChI=1S/C24H15Cl2NO4S/c25-19-11-8-16(12-20(19)26)14-27-22(28)21(32-24(27)30)13-15-6-9-18(10-7-15)31-23(29)17-4-2-1-3-5-17/h1-13H,14H2/b21-13-. The zero-order chi connectivity index (χ0) is 22.7. The maximum Gasteiger partial charge on any atom is 0.343 e. The molecule has 4 rings (SSSR count). The van der Waals surface area contributed by atoms with Gasteiger partial charge in [0.2, 0.25) is 0 Å². The van der Waals surface area contributed by atoms with Gasteiger partial charge in [0.1, 0.15) is 5.75 Å². The van der Waals surface area contributed by atoms with E-state index in [0.29, 0.717) is 37.4 Å². The molecule has 8 heteroatoms. The lowest BCUT2D eigenvalue weighted by atomic mass is 10.2. The molecule has 1 heterocycles. The topological polar surface area (TPSA) is 63.7 Å². The van der Waals surface area contributed by atoms with Crippen LogP contribution in [0.5, 0.6) is 5.75 Å². The number of rotatable bonds is 5. The van der Waals surface area contributed by atoms with Crippen LogP contribution in [0.1, 0.15) is 21.5 Å². The molecule has 1 fully saturated rings. The van der Waals surface area contributed by atoms with E-state index in [1.54, 1.807) is 72.8 Å². The number of hydrogen-bond acceptors (Lipinski definition) is 5. The quantitative estimate of drug-likeness (QED) is 0.237. The highest BCUT2D eigenvalue weighted by Crippen LogP contribution is 2.34. The molecule has 3 aromatic carbocycles. The highest BCUT2D eigenvalue weighted by Gasteiger charge is 2.35. The minimum atomic E-state index is -0.457. The zero-order valence-electron chi connectivity index (χ0n) is 16.5. The Labute approximate surface area is 198 Å². The van der Waals surface area contributed by atoms with Gasteiger partial charge >= 0.3 is 5.97 Å². The molecule has 0 aliphatic carbocycles. The van der Waals surface area contributed by atoms with Crippen molar-refractivity contribution in [1.82, 2.24) is 4.90 Å². The molecule has 2 amide bonds. The molecule has 3 aromatic rings. The average molecular weight is 484 g/mol. The third-order valence-electron chi connectivity index (χ3n) is 4.60. The molecule has 0 N–H and O–H groups in total. The lowest BCUT2D eigenvalue weighted by molar-refractivity contribution is -0.123. The Kier molecular flexibility index (Phi) is 6.65. The first kappa shape index (κ1) is 22.1. The molecule has 0 saturated carbocycles. The van der Waals surface area contributed by atoms with E-state index in [1.807, 2.05) is 6.07 Å². The minimum Gasteiger partial charge on any atom is -0.423 e. The monoisotopic (exact) mass is 483 g/mol. The van der Waals surface area contributed by atoms with Crippen molar-refractivity contribution in [3.63, 3.8) is 0 Å². The smallest absolute Gasteiger partial charge is 0.343 e. The van der Waals surface area contributed by atoms with Crippen LogP contribution in [0, 0.1) is 0 Å². The number of hydrogen-bond donors (Lipinski definition) is 0. The van der Waals surface area contributed by atoms with Crippen LogP contribution in [0.25, 0.3) is 6.08 Å². The van der Waals surface area contributed by atoms with Crippen LogP contribution in [0.4, 0.5) is 4.79 Å². The molecule has 1 aliphatic heterocycles. The summed E-state index contributed by atoms with van der Waals surface area (Å²) in [5, 5.41) is 0.405. The van der Waals surface area contributed by atoms with E-state index < -0.39 is 5.97 Å². The summed E-state index contributed by atoms with van der Waals surface area (Å²) in [5.41, 5.74) is 1.85. The molecular weight excluding hydrogens is 469 g/mol. The molecule has 0 spiro atoms. The summed E-state index contributed by atoms with van der Waals surface area (Å²) in [7, 11) is 0. The van der Waals surface area contributed by atoms with Crippen LogP contribution in [0.15, 0.2) is 77.7 Å². The van der Waals surface area contributed by atoms with Gasteiger partial charge in [-0.2, -0.15) is 0 Å². The largest absolute Gasteiger partial charge is 0.423 e. The fourth-order valence-corrected chi connectivity index (χ4v) is 4.14. The molecule has 0 bridgehead atoms. The SMILES string of the molecule is O=C(Oc1ccc(/C=C2\SC(=O)N(Cc3ccc(Cl)c(Cl)c3)C2=O)cc1)c1ccccc1. The van der Waals surface area contributed by atoms with E-state index in [1.165, 1.54) is 0 Å². The van der Waals surface area contributed by atoms with Crippen molar-refractivity contribution >= 4 is 58.2 Å². The number of carbonyl (C=O) groups is 3. The van der Waals surface area contributed by atoms with Gasteiger partial charge in [0.25, 0.3) is 11.1 Å². The van der Waals surface area contributed by atoms with E-state index in [-0.39, 0.29) is 17.7 Å². The Morgan fingerprint density at radius 1 is 0.938 bits per heavy atom. The highest BCUT2D eigenvalue weighted by molar-refractivity contribution is 8.18. The van der Waals surface area contributed by atoms with Gasteiger partial charge in [-0.1, -0.05) is 59.6 Å². The highest BCUT2D eigenvalue weighted by atomic mass is 35.5. The lowest BCUT2D eigenvalue weighted by Crippen LogP contribution is -2.27. The predicted octanol–water partition coefficient (Wildman–Crippen LogP) is 6.45. The Morgan fingerprint density at radius 2 is 1.66 bits per heavy atom. The second kappa shape index (κ2) is 9.61. The Hall–Kier alpha value is -3.06. The van der Waals surface area contributed by atoms with Gasteiger partial charge in [0.15, 0.2) is 0 Å². The second-order valence-electron chi connectivity index (χ2n) is 6.84. The molecule has 5 nitrogen and oxygen atoms in total. The first-order valence-electron chi connectivity index (χ1n) is 9.47. The van der Waals surface area contributed by atoms with Crippen LogP contribution in [-0.4, -0.2) is 22.0 Å². The summed E-state index contributed by atoms with van der Waals surface area (Å²) in [6.45, 7) is 0.104. The van der Waals surface area contributed by atoms with Crippen molar-refractivity contribution in [1.29, 1.82) is 0 Å². The number of nitrogens with zero attached hydrogens (tertiary/aromatic N) is 1. The fraction of sp³-hybridized carbons (Fsp3) is 0.0417. The molecule has 0 aromatic heterocycles. The molecular formula is C24H15Cl2NO4S. The van der Waals surface area contributed by atoms with Crippen molar-refractivity contribution in [2.24, 2.45) is 0 Å². The van der Waals surface area contributed by atoms with Crippen molar-refractivity contribution in [2.45, 2.75) is 6.54 Å². The fourth-order valence-electron chi connectivity index (χ4n) is 2.98. The number of thioether (sulfide) groups is 1. The number of ether oxygens (including phenoxy) is 1. The van der Waals surface area contributed by atoms with E-state index in [4.69, 9.17) is 27.9 Å². The van der Waals surface area contributed by atoms with Gasteiger partial charge in [-0.25, -0.2) is 4.79 Å². The normalized spacial score (nSPS) is 14.8. The third kappa shape index (κ3) is 5.05. The second-order valence-corrected chi connectivity index (χ2v) is 8.65. The number of amides is 2. The number of halogens is 2. The van der Waals surface area contributed by atoms with Crippen LogP contribution in [0.2, 0.25) is 10.0 Å². The molecule has 0 atom stereocenters. The summed E-state index contributed by atoms with van der Waals surface area (Å²) in [4.78, 5) is 38.7. The van der Waals surface area contributed by atoms with E-state index in [0.717, 1.165) is 16.7 Å². The first-order valence-corrected chi connectivity index (χ1v) is 11.0. The Bertz CT molecular complexity index is 1230. The third-order valence-corrected chi connectivity index (χ3v) is 6.24. The Balaban J connectivity index is 1.44. The van der Waals surface area contributed by atoms with E-state index in [2.05, 4.69) is 0 Å².